The van der Waals surface area contributed by atoms with Gasteiger partial charge in [0.05, 0.1) is 17.8 Å². The fraction of sp³-hybridized carbons (Fsp3) is 0.522. The van der Waals surface area contributed by atoms with Crippen LogP contribution in [0.1, 0.15) is 23.2 Å². The van der Waals surface area contributed by atoms with Gasteiger partial charge in [-0.15, -0.1) is 0 Å². The molecule has 1 amide bonds. The van der Waals surface area contributed by atoms with E-state index in [4.69, 9.17) is 0 Å². The number of hydrogen-bond acceptors (Lipinski definition) is 7. The van der Waals surface area contributed by atoms with Crippen molar-refractivity contribution in [3.63, 3.8) is 0 Å². The van der Waals surface area contributed by atoms with Crippen molar-refractivity contribution in [1.82, 2.24) is 14.9 Å². The molecule has 0 radical (unpaired) electrons. The van der Waals surface area contributed by atoms with Gasteiger partial charge in [0.25, 0.3) is 5.91 Å². The van der Waals surface area contributed by atoms with Crippen LogP contribution in [0, 0.1) is 11.8 Å². The first-order valence-corrected chi connectivity index (χ1v) is 11.1. The van der Waals surface area contributed by atoms with Crippen molar-refractivity contribution in [3.05, 3.63) is 48.3 Å². The second-order valence-corrected chi connectivity index (χ2v) is 8.92. The van der Waals surface area contributed by atoms with Gasteiger partial charge in [0, 0.05) is 57.3 Å². The molecule has 1 aliphatic carbocycles. The van der Waals surface area contributed by atoms with E-state index >= 15 is 0 Å². The molecule has 4 atom stereocenters. The minimum absolute atomic E-state index is 0.0705. The van der Waals surface area contributed by atoms with Gasteiger partial charge < -0.3 is 24.9 Å². The molecule has 2 aliphatic heterocycles. The molecule has 1 aromatic heterocycles. The van der Waals surface area contributed by atoms with E-state index in [2.05, 4.69) is 44.0 Å². The van der Waals surface area contributed by atoms with Crippen molar-refractivity contribution in [2.75, 3.05) is 49.1 Å². The number of aromatic nitrogens is 2. The molecule has 1 aromatic carbocycles. The summed E-state index contributed by atoms with van der Waals surface area (Å²) < 4.78 is 0. The summed E-state index contributed by atoms with van der Waals surface area (Å²) in [7, 11) is 0. The Morgan fingerprint density at radius 2 is 1.39 bits per heavy atom. The number of carbonyl (C=O) groups excluding carboxylic acids is 1. The van der Waals surface area contributed by atoms with Crippen LogP contribution >= 0.6 is 0 Å². The predicted octanol–water partition coefficient (Wildman–Crippen LogP) is 1.01. The van der Waals surface area contributed by atoms with Gasteiger partial charge in [-0.3, -0.25) is 4.79 Å². The van der Waals surface area contributed by atoms with Gasteiger partial charge in [-0.05, 0) is 36.8 Å². The van der Waals surface area contributed by atoms with E-state index in [9.17, 15) is 15.0 Å². The van der Waals surface area contributed by atoms with Crippen LogP contribution in [0.3, 0.4) is 0 Å². The summed E-state index contributed by atoms with van der Waals surface area (Å²) in [5.74, 6) is 1.09. The number of aliphatic hydroxyl groups is 2. The Balaban J connectivity index is 1.18. The normalized spacial score (nSPS) is 28.5. The highest BCUT2D eigenvalue weighted by molar-refractivity contribution is 5.94. The number of piperazine rings is 1. The smallest absolute Gasteiger partial charge is 0.257 e. The first kappa shape index (κ1) is 20.2. The number of likely N-dealkylation sites (tertiary alicyclic amines) is 1. The molecular formula is C23H29N5O3. The molecule has 8 heteroatoms. The lowest BCUT2D eigenvalue weighted by molar-refractivity contribution is -0.0372. The summed E-state index contributed by atoms with van der Waals surface area (Å²) in [5, 5.41) is 19.8. The third-order valence-electron chi connectivity index (χ3n) is 6.97. The highest BCUT2D eigenvalue weighted by atomic mass is 16.3. The zero-order valence-electron chi connectivity index (χ0n) is 17.5. The van der Waals surface area contributed by atoms with Crippen LogP contribution < -0.4 is 9.80 Å². The summed E-state index contributed by atoms with van der Waals surface area (Å²) in [5.41, 5.74) is 1.72. The second-order valence-electron chi connectivity index (χ2n) is 8.92. The lowest BCUT2D eigenvalue weighted by Gasteiger charge is -2.36. The lowest BCUT2D eigenvalue weighted by atomic mass is 9.79. The molecule has 3 aliphatic rings. The van der Waals surface area contributed by atoms with Crippen LogP contribution in [0.5, 0.6) is 0 Å². The van der Waals surface area contributed by atoms with Gasteiger partial charge in [-0.2, -0.15) is 0 Å². The Hall–Kier alpha value is -2.71. The zero-order chi connectivity index (χ0) is 21.4. The number of rotatable bonds is 3. The second kappa shape index (κ2) is 8.43. The van der Waals surface area contributed by atoms with E-state index in [0.29, 0.717) is 37.4 Å². The summed E-state index contributed by atoms with van der Waals surface area (Å²) >= 11 is 0. The van der Waals surface area contributed by atoms with Crippen LogP contribution in [-0.2, 0) is 0 Å². The van der Waals surface area contributed by atoms with E-state index < -0.39 is 12.2 Å². The molecular weight excluding hydrogens is 394 g/mol. The lowest BCUT2D eigenvalue weighted by Crippen LogP contribution is -2.47. The van der Waals surface area contributed by atoms with Crippen molar-refractivity contribution in [2.24, 2.45) is 11.8 Å². The molecule has 0 spiro atoms. The maximum atomic E-state index is 12.9. The third-order valence-corrected chi connectivity index (χ3v) is 6.97. The monoisotopic (exact) mass is 423 g/mol. The minimum atomic E-state index is -0.679. The Morgan fingerprint density at radius 3 is 1.97 bits per heavy atom. The number of aliphatic hydroxyl groups excluding tert-OH is 2. The average molecular weight is 424 g/mol. The number of para-hydroxylation sites is 1. The fourth-order valence-corrected chi connectivity index (χ4v) is 5.15. The first-order valence-electron chi connectivity index (χ1n) is 11.1. The molecule has 5 rings (SSSR count). The number of nitrogens with zero attached hydrogens (tertiary/aromatic N) is 5. The highest BCUT2D eigenvalue weighted by Gasteiger charge is 2.42. The van der Waals surface area contributed by atoms with Gasteiger partial charge >= 0.3 is 0 Å². The van der Waals surface area contributed by atoms with E-state index in [0.717, 1.165) is 26.2 Å². The van der Waals surface area contributed by atoms with Crippen LogP contribution in [0.25, 0.3) is 0 Å². The van der Waals surface area contributed by atoms with Crippen molar-refractivity contribution in [3.8, 4) is 0 Å². The molecule has 2 N–H and O–H groups in total. The molecule has 3 fully saturated rings. The quantitative estimate of drug-likeness (QED) is 0.761. The number of anilines is 2. The van der Waals surface area contributed by atoms with E-state index in [1.165, 1.54) is 5.69 Å². The molecule has 3 heterocycles. The molecule has 0 bridgehead atoms. The van der Waals surface area contributed by atoms with Crippen LogP contribution in [0.4, 0.5) is 11.6 Å². The van der Waals surface area contributed by atoms with E-state index in [1.807, 2.05) is 11.0 Å². The number of carbonyl (C=O) groups is 1. The summed E-state index contributed by atoms with van der Waals surface area (Å²) in [4.78, 5) is 28.2. The van der Waals surface area contributed by atoms with Crippen LogP contribution in [0.2, 0.25) is 0 Å². The fourth-order valence-electron chi connectivity index (χ4n) is 5.15. The molecule has 2 saturated heterocycles. The van der Waals surface area contributed by atoms with Gasteiger partial charge in [0.2, 0.25) is 5.95 Å². The Kier molecular flexibility index (Phi) is 5.50. The van der Waals surface area contributed by atoms with Crippen LogP contribution in [0.15, 0.2) is 42.7 Å². The first-order chi connectivity index (χ1) is 15.1. The highest BCUT2D eigenvalue weighted by Crippen LogP contribution is 2.37. The zero-order valence-corrected chi connectivity index (χ0v) is 17.5. The Bertz CT molecular complexity index is 883. The Labute approximate surface area is 182 Å². The molecule has 1 saturated carbocycles. The predicted molar refractivity (Wildman–Crippen MR) is 117 cm³/mol. The van der Waals surface area contributed by atoms with Crippen molar-refractivity contribution in [2.45, 2.75) is 25.0 Å². The van der Waals surface area contributed by atoms with Gasteiger partial charge in [-0.1, -0.05) is 18.2 Å². The Morgan fingerprint density at radius 1 is 0.839 bits per heavy atom. The topological polar surface area (TPSA) is 93.0 Å². The maximum Gasteiger partial charge on any atom is 0.257 e. The molecule has 2 aromatic rings. The number of benzene rings is 1. The molecule has 8 nitrogen and oxygen atoms in total. The summed E-state index contributed by atoms with van der Waals surface area (Å²) in [6.45, 7) is 4.72. The van der Waals surface area contributed by atoms with Crippen molar-refractivity contribution >= 4 is 17.5 Å². The largest absolute Gasteiger partial charge is 0.390 e. The standard InChI is InChI=1S/C23H29N5O3/c29-20-10-16-14-28(15-17(16)11-21(20)30)22(31)18-12-24-23(25-13-18)27-8-6-26(7-9-27)19-4-2-1-3-5-19/h1-5,12-13,16-17,20-21,29-30H,6-11,14-15H2. The van der Waals surface area contributed by atoms with E-state index in [1.54, 1.807) is 12.4 Å². The number of hydrogen-bond donors (Lipinski definition) is 2. The maximum absolute atomic E-state index is 12.9. The number of fused-ring (bicyclic) bond motifs is 1. The summed E-state index contributed by atoms with van der Waals surface area (Å²) in [6, 6.07) is 10.4. The van der Waals surface area contributed by atoms with Gasteiger partial charge in [0.1, 0.15) is 0 Å². The SMILES string of the molecule is O=C(c1cnc(N2CCN(c3ccccc3)CC2)nc1)N1CC2CC(O)C(O)CC2C1. The molecule has 31 heavy (non-hydrogen) atoms. The van der Waals surface area contributed by atoms with Crippen molar-refractivity contribution in [1.29, 1.82) is 0 Å². The van der Waals surface area contributed by atoms with Crippen LogP contribution in [-0.4, -0.2) is 82.5 Å². The van der Waals surface area contributed by atoms with Gasteiger partial charge in [0.15, 0.2) is 0 Å². The molecule has 4 unspecified atom stereocenters. The minimum Gasteiger partial charge on any atom is -0.390 e. The molecule has 164 valence electrons. The summed E-state index contributed by atoms with van der Waals surface area (Å²) in [6.07, 6.45) is 3.00. The average Bonchev–Trinajstić information content (AvgIpc) is 3.22. The van der Waals surface area contributed by atoms with Crippen molar-refractivity contribution < 1.29 is 15.0 Å². The third kappa shape index (κ3) is 4.09. The van der Waals surface area contributed by atoms with Gasteiger partial charge in [-0.25, -0.2) is 9.97 Å². The van der Waals surface area contributed by atoms with E-state index in [-0.39, 0.29) is 17.7 Å². The number of amides is 1.